The van der Waals surface area contributed by atoms with E-state index in [1.54, 1.807) is 0 Å². The van der Waals surface area contributed by atoms with E-state index in [4.69, 9.17) is 4.74 Å². The quantitative estimate of drug-likeness (QED) is 0.760. The van der Waals surface area contributed by atoms with E-state index in [0.29, 0.717) is 12.5 Å². The Balaban J connectivity index is 1.86. The number of rotatable bonds is 6. The van der Waals surface area contributed by atoms with Gasteiger partial charge in [-0.05, 0) is 54.7 Å². The van der Waals surface area contributed by atoms with Gasteiger partial charge in [0.25, 0.3) is 0 Å². The van der Waals surface area contributed by atoms with Gasteiger partial charge in [0.15, 0.2) is 0 Å². The molecule has 0 bridgehead atoms. The summed E-state index contributed by atoms with van der Waals surface area (Å²) in [5.41, 5.74) is 5.05. The zero-order chi connectivity index (χ0) is 15.2. The van der Waals surface area contributed by atoms with Gasteiger partial charge < -0.3 is 10.1 Å². The molecule has 0 atom stereocenters. The predicted molar refractivity (Wildman–Crippen MR) is 90.4 cm³/mol. The number of anilines is 1. The molecule has 0 heterocycles. The highest BCUT2D eigenvalue weighted by Crippen LogP contribution is 2.25. The van der Waals surface area contributed by atoms with Crippen molar-refractivity contribution in [2.45, 2.75) is 33.6 Å². The van der Waals surface area contributed by atoms with E-state index >= 15 is 0 Å². The average molecular weight is 283 g/mol. The summed E-state index contributed by atoms with van der Waals surface area (Å²) in [6.07, 6.45) is 0. The zero-order valence-electron chi connectivity index (χ0n) is 13.4. The van der Waals surface area contributed by atoms with Crippen LogP contribution in [0.15, 0.2) is 42.5 Å². The van der Waals surface area contributed by atoms with Crippen molar-refractivity contribution in [1.82, 2.24) is 0 Å². The van der Waals surface area contributed by atoms with Crippen LogP contribution in [0, 0.1) is 13.8 Å². The lowest BCUT2D eigenvalue weighted by Gasteiger charge is -2.14. The van der Waals surface area contributed by atoms with Gasteiger partial charge in [0.1, 0.15) is 12.4 Å². The monoisotopic (exact) mass is 283 g/mol. The van der Waals surface area contributed by atoms with Crippen LogP contribution in [0.5, 0.6) is 5.75 Å². The second-order valence-corrected chi connectivity index (χ2v) is 5.77. The lowest BCUT2D eigenvalue weighted by Crippen LogP contribution is -2.12. The topological polar surface area (TPSA) is 21.3 Å². The Hall–Kier alpha value is -1.96. The van der Waals surface area contributed by atoms with E-state index in [1.807, 2.05) is 12.1 Å². The van der Waals surface area contributed by atoms with Gasteiger partial charge >= 0.3 is 0 Å². The standard InChI is InChI=1S/C19H25NO/c1-14(2)18-7-5-6-8-19(18)21-12-11-20-17-10-9-15(3)16(4)13-17/h5-10,13-14,20H,11-12H2,1-4H3. The normalized spacial score (nSPS) is 10.7. The molecule has 0 saturated carbocycles. The number of para-hydroxylation sites is 1. The van der Waals surface area contributed by atoms with Gasteiger partial charge in [-0.1, -0.05) is 38.1 Å². The highest BCUT2D eigenvalue weighted by atomic mass is 16.5. The van der Waals surface area contributed by atoms with Crippen LogP contribution in [-0.2, 0) is 0 Å². The Morgan fingerprint density at radius 3 is 2.48 bits per heavy atom. The van der Waals surface area contributed by atoms with E-state index in [1.165, 1.54) is 16.7 Å². The smallest absolute Gasteiger partial charge is 0.122 e. The van der Waals surface area contributed by atoms with Crippen LogP contribution >= 0.6 is 0 Å². The Bertz CT molecular complexity index is 590. The Kier molecular flexibility index (Phi) is 5.26. The summed E-state index contributed by atoms with van der Waals surface area (Å²) in [6, 6.07) is 14.7. The molecule has 2 heteroatoms. The molecule has 0 aliphatic carbocycles. The molecule has 0 spiro atoms. The van der Waals surface area contributed by atoms with Crippen molar-refractivity contribution in [2.24, 2.45) is 0 Å². The first-order valence-corrected chi connectivity index (χ1v) is 7.61. The number of ether oxygens (including phenoxy) is 1. The molecule has 0 fully saturated rings. The molecule has 112 valence electrons. The third kappa shape index (κ3) is 4.25. The third-order valence-electron chi connectivity index (χ3n) is 3.74. The Morgan fingerprint density at radius 1 is 1.00 bits per heavy atom. The molecule has 0 unspecified atom stereocenters. The van der Waals surface area contributed by atoms with Gasteiger partial charge in [-0.25, -0.2) is 0 Å². The van der Waals surface area contributed by atoms with Crippen LogP contribution in [0.1, 0.15) is 36.5 Å². The second-order valence-electron chi connectivity index (χ2n) is 5.77. The summed E-state index contributed by atoms with van der Waals surface area (Å²) in [7, 11) is 0. The SMILES string of the molecule is Cc1ccc(NCCOc2ccccc2C(C)C)cc1C. The first-order chi connectivity index (χ1) is 10.1. The van der Waals surface area contributed by atoms with Gasteiger partial charge in [-0.3, -0.25) is 0 Å². The van der Waals surface area contributed by atoms with Crippen molar-refractivity contribution in [3.8, 4) is 5.75 Å². The second kappa shape index (κ2) is 7.16. The molecule has 0 aliphatic rings. The minimum absolute atomic E-state index is 0.480. The molecule has 2 aromatic carbocycles. The van der Waals surface area contributed by atoms with E-state index < -0.39 is 0 Å². The molecule has 2 aromatic rings. The molecule has 0 amide bonds. The molecule has 1 N–H and O–H groups in total. The zero-order valence-corrected chi connectivity index (χ0v) is 13.4. The summed E-state index contributed by atoms with van der Waals surface area (Å²) < 4.78 is 5.91. The summed E-state index contributed by atoms with van der Waals surface area (Å²) in [5, 5.41) is 3.41. The van der Waals surface area contributed by atoms with E-state index in [2.05, 4.69) is 63.3 Å². The summed E-state index contributed by atoms with van der Waals surface area (Å²) in [4.78, 5) is 0. The molecule has 0 saturated heterocycles. The van der Waals surface area contributed by atoms with Crippen molar-refractivity contribution in [3.05, 3.63) is 59.2 Å². The van der Waals surface area contributed by atoms with Crippen molar-refractivity contribution in [2.75, 3.05) is 18.5 Å². The molecule has 2 nitrogen and oxygen atoms in total. The molecule has 0 aromatic heterocycles. The highest BCUT2D eigenvalue weighted by Gasteiger charge is 2.06. The molecule has 0 aliphatic heterocycles. The van der Waals surface area contributed by atoms with E-state index in [0.717, 1.165) is 18.0 Å². The van der Waals surface area contributed by atoms with Gasteiger partial charge in [0, 0.05) is 12.2 Å². The van der Waals surface area contributed by atoms with Crippen LogP contribution in [0.4, 0.5) is 5.69 Å². The highest BCUT2D eigenvalue weighted by molar-refractivity contribution is 5.48. The predicted octanol–water partition coefficient (Wildman–Crippen LogP) is 4.92. The van der Waals surface area contributed by atoms with Crippen LogP contribution in [0.3, 0.4) is 0 Å². The van der Waals surface area contributed by atoms with Gasteiger partial charge in [-0.2, -0.15) is 0 Å². The molecular formula is C19H25NO. The van der Waals surface area contributed by atoms with Crippen molar-refractivity contribution < 1.29 is 4.74 Å². The lowest BCUT2D eigenvalue weighted by molar-refractivity contribution is 0.328. The number of nitrogens with one attached hydrogen (secondary N) is 1. The molecule has 21 heavy (non-hydrogen) atoms. The molecular weight excluding hydrogens is 258 g/mol. The maximum absolute atomic E-state index is 5.91. The first kappa shape index (κ1) is 15.4. The summed E-state index contributed by atoms with van der Waals surface area (Å²) in [6.45, 7) is 10.1. The fourth-order valence-corrected chi connectivity index (χ4v) is 2.30. The fraction of sp³-hybridized carbons (Fsp3) is 0.368. The average Bonchev–Trinajstić information content (AvgIpc) is 2.47. The molecule has 2 rings (SSSR count). The Labute approximate surface area is 128 Å². The molecule has 0 radical (unpaired) electrons. The van der Waals surface area contributed by atoms with Crippen LogP contribution in [0.25, 0.3) is 0 Å². The van der Waals surface area contributed by atoms with Crippen molar-refractivity contribution in [1.29, 1.82) is 0 Å². The maximum Gasteiger partial charge on any atom is 0.122 e. The van der Waals surface area contributed by atoms with Crippen LogP contribution < -0.4 is 10.1 Å². The largest absolute Gasteiger partial charge is 0.491 e. The summed E-state index contributed by atoms with van der Waals surface area (Å²) in [5.74, 6) is 1.48. The van der Waals surface area contributed by atoms with Crippen molar-refractivity contribution in [3.63, 3.8) is 0 Å². The lowest BCUT2D eigenvalue weighted by atomic mass is 10.0. The van der Waals surface area contributed by atoms with E-state index in [-0.39, 0.29) is 0 Å². The third-order valence-corrected chi connectivity index (χ3v) is 3.74. The van der Waals surface area contributed by atoms with Crippen molar-refractivity contribution >= 4 is 5.69 Å². The fourth-order valence-electron chi connectivity index (χ4n) is 2.30. The van der Waals surface area contributed by atoms with Crippen LogP contribution in [0.2, 0.25) is 0 Å². The minimum Gasteiger partial charge on any atom is -0.491 e. The minimum atomic E-state index is 0.480. The van der Waals surface area contributed by atoms with Gasteiger partial charge in [0.05, 0.1) is 0 Å². The first-order valence-electron chi connectivity index (χ1n) is 7.61. The number of hydrogen-bond acceptors (Lipinski definition) is 2. The summed E-state index contributed by atoms with van der Waals surface area (Å²) >= 11 is 0. The number of aryl methyl sites for hydroxylation is 2. The Morgan fingerprint density at radius 2 is 1.76 bits per heavy atom. The number of hydrogen-bond donors (Lipinski definition) is 1. The van der Waals surface area contributed by atoms with Gasteiger partial charge in [0.2, 0.25) is 0 Å². The maximum atomic E-state index is 5.91. The van der Waals surface area contributed by atoms with Crippen LogP contribution in [-0.4, -0.2) is 13.2 Å². The number of benzene rings is 2. The van der Waals surface area contributed by atoms with Gasteiger partial charge in [-0.15, -0.1) is 0 Å². The van der Waals surface area contributed by atoms with E-state index in [9.17, 15) is 0 Å².